The first-order valence-electron chi connectivity index (χ1n) is 5.45. The van der Waals surface area contributed by atoms with Gasteiger partial charge in [-0.2, -0.15) is 0 Å². The van der Waals surface area contributed by atoms with E-state index in [0.29, 0.717) is 12.0 Å². The minimum Gasteiger partial charge on any atom is -0.460 e. The van der Waals surface area contributed by atoms with Crippen molar-refractivity contribution in [3.63, 3.8) is 0 Å². The molecule has 0 aliphatic carbocycles. The van der Waals surface area contributed by atoms with Crippen LogP contribution in [0.15, 0.2) is 42.5 Å². The average molecular weight is 231 g/mol. The van der Waals surface area contributed by atoms with Crippen molar-refractivity contribution >= 4 is 11.9 Å². The Balaban J connectivity index is 1.85. The van der Waals surface area contributed by atoms with Crippen LogP contribution in [0.2, 0.25) is 0 Å². The largest absolute Gasteiger partial charge is 0.460 e. The third kappa shape index (κ3) is 3.17. The van der Waals surface area contributed by atoms with Crippen molar-refractivity contribution in [2.24, 2.45) is 0 Å². The lowest BCUT2D eigenvalue weighted by molar-refractivity contribution is -0.117. The van der Waals surface area contributed by atoms with Crippen molar-refractivity contribution in [2.45, 2.75) is 12.5 Å². The number of amides is 1. The summed E-state index contributed by atoms with van der Waals surface area (Å²) in [7, 11) is 0. The molecule has 4 nitrogen and oxygen atoms in total. The second kappa shape index (κ2) is 5.30. The van der Waals surface area contributed by atoms with Gasteiger partial charge in [-0.3, -0.25) is 4.79 Å². The predicted octanol–water partition coefficient (Wildman–Crippen LogP) is 1.29. The third-order valence-corrected chi connectivity index (χ3v) is 2.46. The predicted molar refractivity (Wildman–Crippen MR) is 62.4 cm³/mol. The van der Waals surface area contributed by atoms with E-state index in [2.05, 4.69) is 5.32 Å². The van der Waals surface area contributed by atoms with E-state index in [1.807, 2.05) is 6.07 Å². The van der Waals surface area contributed by atoms with Crippen molar-refractivity contribution < 1.29 is 14.3 Å². The molecule has 1 heterocycles. The summed E-state index contributed by atoms with van der Waals surface area (Å²) in [6, 6.07) is 8.66. The summed E-state index contributed by atoms with van der Waals surface area (Å²) in [4.78, 5) is 22.7. The number of benzene rings is 1. The molecule has 0 unspecified atom stereocenters. The lowest BCUT2D eigenvalue weighted by atomic mass is 10.1. The summed E-state index contributed by atoms with van der Waals surface area (Å²) >= 11 is 0. The van der Waals surface area contributed by atoms with Gasteiger partial charge >= 0.3 is 5.97 Å². The Kier molecular flexibility index (Phi) is 3.55. The van der Waals surface area contributed by atoms with E-state index < -0.39 is 0 Å². The van der Waals surface area contributed by atoms with E-state index in [9.17, 15) is 9.59 Å². The van der Waals surface area contributed by atoms with E-state index in [0.717, 1.165) is 0 Å². The number of hydrogen-bond acceptors (Lipinski definition) is 3. The molecule has 1 aliphatic rings. The molecule has 17 heavy (non-hydrogen) atoms. The van der Waals surface area contributed by atoms with Crippen molar-refractivity contribution in [2.75, 3.05) is 6.61 Å². The monoisotopic (exact) mass is 231 g/mol. The molecule has 0 fully saturated rings. The van der Waals surface area contributed by atoms with E-state index in [1.54, 1.807) is 30.3 Å². The Morgan fingerprint density at radius 2 is 2.12 bits per heavy atom. The lowest BCUT2D eigenvalue weighted by Crippen LogP contribution is -2.39. The van der Waals surface area contributed by atoms with Gasteiger partial charge in [0.1, 0.15) is 6.61 Å². The first-order chi connectivity index (χ1) is 8.25. The smallest absolute Gasteiger partial charge is 0.338 e. The molecular formula is C13H13NO3. The number of ether oxygens (including phenoxy) is 1. The molecule has 4 heteroatoms. The van der Waals surface area contributed by atoms with E-state index in [1.165, 1.54) is 6.08 Å². The highest BCUT2D eigenvalue weighted by atomic mass is 16.5. The van der Waals surface area contributed by atoms with Crippen molar-refractivity contribution in [3.05, 3.63) is 48.0 Å². The standard InChI is InChI=1S/C13H13NO3/c15-12-8-4-7-11(14-12)9-17-13(16)10-5-2-1-3-6-10/h1-6,8,11H,7,9H2,(H,14,15)/t11-/m0/s1. The topological polar surface area (TPSA) is 55.4 Å². The molecule has 0 bridgehead atoms. The molecule has 1 aromatic carbocycles. The van der Waals surface area contributed by atoms with Crippen LogP contribution in [-0.2, 0) is 9.53 Å². The molecule has 1 aliphatic heterocycles. The van der Waals surface area contributed by atoms with Gasteiger partial charge < -0.3 is 10.1 Å². The van der Waals surface area contributed by atoms with E-state index >= 15 is 0 Å². The number of hydrogen-bond donors (Lipinski definition) is 1. The Bertz CT molecular complexity index is 439. The van der Waals surface area contributed by atoms with Gasteiger partial charge in [0.05, 0.1) is 11.6 Å². The first kappa shape index (κ1) is 11.4. The summed E-state index contributed by atoms with van der Waals surface area (Å²) in [5, 5.41) is 2.72. The van der Waals surface area contributed by atoms with Gasteiger partial charge in [0.2, 0.25) is 5.91 Å². The number of carbonyl (C=O) groups is 2. The maximum absolute atomic E-state index is 11.6. The van der Waals surface area contributed by atoms with Crippen LogP contribution in [0.4, 0.5) is 0 Å². The van der Waals surface area contributed by atoms with Gasteiger partial charge in [-0.05, 0) is 24.6 Å². The van der Waals surface area contributed by atoms with Crippen molar-refractivity contribution in [3.8, 4) is 0 Å². The maximum Gasteiger partial charge on any atom is 0.338 e. The summed E-state index contributed by atoms with van der Waals surface area (Å²) in [5.74, 6) is -0.508. The zero-order valence-corrected chi connectivity index (χ0v) is 9.26. The summed E-state index contributed by atoms with van der Waals surface area (Å²) in [6.45, 7) is 0.198. The molecule has 0 saturated carbocycles. The average Bonchev–Trinajstić information content (AvgIpc) is 2.37. The van der Waals surface area contributed by atoms with Crippen LogP contribution in [0.1, 0.15) is 16.8 Å². The fourth-order valence-electron chi connectivity index (χ4n) is 1.59. The molecule has 1 N–H and O–H groups in total. The van der Waals surface area contributed by atoms with E-state index in [-0.39, 0.29) is 24.5 Å². The van der Waals surface area contributed by atoms with Crippen molar-refractivity contribution in [1.82, 2.24) is 5.32 Å². The van der Waals surface area contributed by atoms with Gasteiger partial charge in [-0.1, -0.05) is 24.3 Å². The molecule has 1 atom stereocenters. The van der Waals surface area contributed by atoms with Crippen LogP contribution >= 0.6 is 0 Å². The SMILES string of the molecule is O=C1C=CC[C@@H](COC(=O)c2ccccc2)N1. The Morgan fingerprint density at radius 3 is 2.82 bits per heavy atom. The number of esters is 1. The molecular weight excluding hydrogens is 218 g/mol. The highest BCUT2D eigenvalue weighted by molar-refractivity contribution is 5.90. The fourth-order valence-corrected chi connectivity index (χ4v) is 1.59. The molecule has 0 aromatic heterocycles. The van der Waals surface area contributed by atoms with Gasteiger partial charge in [0.15, 0.2) is 0 Å². The summed E-state index contributed by atoms with van der Waals surface area (Å²) in [5.41, 5.74) is 0.519. The first-order valence-corrected chi connectivity index (χ1v) is 5.45. The third-order valence-electron chi connectivity index (χ3n) is 2.46. The van der Waals surface area contributed by atoms with Crippen molar-refractivity contribution in [1.29, 1.82) is 0 Å². The molecule has 88 valence electrons. The highest BCUT2D eigenvalue weighted by Gasteiger charge is 2.16. The number of nitrogens with one attached hydrogen (secondary N) is 1. The van der Waals surface area contributed by atoms with Gasteiger partial charge in [0, 0.05) is 0 Å². The Hall–Kier alpha value is -2.10. The molecule has 0 radical (unpaired) electrons. The van der Waals surface area contributed by atoms with Crippen LogP contribution in [0.3, 0.4) is 0 Å². The Morgan fingerprint density at radius 1 is 1.35 bits per heavy atom. The van der Waals surface area contributed by atoms with E-state index in [4.69, 9.17) is 4.74 Å². The van der Waals surface area contributed by atoms with Crippen LogP contribution in [-0.4, -0.2) is 24.5 Å². The fraction of sp³-hybridized carbons (Fsp3) is 0.231. The molecule has 2 rings (SSSR count). The van der Waals surface area contributed by atoms with Gasteiger partial charge in [0.25, 0.3) is 0 Å². The highest BCUT2D eigenvalue weighted by Crippen LogP contribution is 2.05. The zero-order chi connectivity index (χ0) is 12.1. The molecule has 0 spiro atoms. The second-order valence-corrected chi connectivity index (χ2v) is 3.81. The van der Waals surface area contributed by atoms with Crippen LogP contribution in [0.25, 0.3) is 0 Å². The zero-order valence-electron chi connectivity index (χ0n) is 9.26. The Labute approximate surface area is 99.3 Å². The number of carbonyl (C=O) groups excluding carboxylic acids is 2. The molecule has 1 amide bonds. The lowest BCUT2D eigenvalue weighted by Gasteiger charge is -2.19. The number of rotatable bonds is 3. The maximum atomic E-state index is 11.6. The van der Waals surface area contributed by atoms with Gasteiger partial charge in [-0.15, -0.1) is 0 Å². The van der Waals surface area contributed by atoms with Crippen LogP contribution in [0.5, 0.6) is 0 Å². The second-order valence-electron chi connectivity index (χ2n) is 3.81. The van der Waals surface area contributed by atoms with Crippen LogP contribution < -0.4 is 5.32 Å². The van der Waals surface area contributed by atoms with Gasteiger partial charge in [-0.25, -0.2) is 4.79 Å². The molecule has 1 aromatic rings. The normalized spacial score (nSPS) is 18.6. The summed E-state index contributed by atoms with van der Waals surface area (Å²) < 4.78 is 5.13. The minimum atomic E-state index is -0.366. The quantitative estimate of drug-likeness (QED) is 0.797. The minimum absolute atomic E-state index is 0.125. The van der Waals surface area contributed by atoms with Crippen LogP contribution in [0, 0.1) is 0 Å². The molecule has 0 saturated heterocycles. The summed E-state index contributed by atoms with van der Waals surface area (Å²) in [6.07, 6.45) is 3.95.